The lowest BCUT2D eigenvalue weighted by Gasteiger charge is -2.35. The molecule has 1 atom stereocenters. The van der Waals surface area contributed by atoms with Crippen LogP contribution in [-0.2, 0) is 0 Å². The molecule has 1 heterocycles. The van der Waals surface area contributed by atoms with Crippen molar-refractivity contribution in [2.24, 2.45) is 0 Å². The fraction of sp³-hybridized carbons (Fsp3) is 0.538. The number of hydrogen-bond donors (Lipinski definition) is 1. The van der Waals surface area contributed by atoms with Crippen molar-refractivity contribution in [2.75, 3.05) is 26.2 Å². The molecular weight excluding hydrogens is 277 g/mol. The standard InChI is InChI=1S/C13H16ClF3N2/c14-13-9(2-1-3-10(13)15)11(8-12(16)17)19-6-4-18-5-7-19/h1-3,11-12,18H,4-8H2/t11-/m1/s1. The maximum Gasteiger partial charge on any atom is 0.240 e. The van der Waals surface area contributed by atoms with Gasteiger partial charge in [-0.3, -0.25) is 4.90 Å². The van der Waals surface area contributed by atoms with Crippen LogP contribution in [0.25, 0.3) is 0 Å². The molecule has 0 amide bonds. The van der Waals surface area contributed by atoms with Gasteiger partial charge in [-0.2, -0.15) is 0 Å². The summed E-state index contributed by atoms with van der Waals surface area (Å²) < 4.78 is 39.1. The Morgan fingerprint density at radius 2 is 1.95 bits per heavy atom. The predicted molar refractivity (Wildman–Crippen MR) is 69.2 cm³/mol. The number of rotatable bonds is 4. The summed E-state index contributed by atoms with van der Waals surface area (Å²) in [6, 6.07) is 3.84. The third kappa shape index (κ3) is 3.61. The van der Waals surface area contributed by atoms with E-state index in [1.807, 2.05) is 4.90 Å². The summed E-state index contributed by atoms with van der Waals surface area (Å²) in [7, 11) is 0. The minimum absolute atomic E-state index is 0.0494. The van der Waals surface area contributed by atoms with E-state index in [2.05, 4.69) is 5.32 Å². The summed E-state index contributed by atoms with van der Waals surface area (Å²) in [5.74, 6) is -0.562. The second-order valence-corrected chi connectivity index (χ2v) is 4.95. The first-order valence-electron chi connectivity index (χ1n) is 6.26. The molecule has 2 rings (SSSR count). The zero-order valence-electron chi connectivity index (χ0n) is 10.4. The Balaban J connectivity index is 2.27. The van der Waals surface area contributed by atoms with Gasteiger partial charge in [-0.1, -0.05) is 23.7 Å². The molecule has 1 fully saturated rings. The van der Waals surface area contributed by atoms with Crippen LogP contribution in [0.1, 0.15) is 18.0 Å². The van der Waals surface area contributed by atoms with Crippen molar-refractivity contribution in [1.29, 1.82) is 0 Å². The van der Waals surface area contributed by atoms with Crippen LogP contribution in [0.3, 0.4) is 0 Å². The van der Waals surface area contributed by atoms with E-state index < -0.39 is 18.3 Å². The van der Waals surface area contributed by atoms with Crippen molar-refractivity contribution < 1.29 is 13.2 Å². The van der Waals surface area contributed by atoms with Gasteiger partial charge in [-0.05, 0) is 11.6 Å². The molecule has 0 spiro atoms. The van der Waals surface area contributed by atoms with Crippen molar-refractivity contribution in [3.05, 3.63) is 34.6 Å². The monoisotopic (exact) mass is 292 g/mol. The number of halogens is 4. The Kier molecular flexibility index (Phi) is 5.07. The number of benzene rings is 1. The average Bonchev–Trinajstić information content (AvgIpc) is 2.40. The van der Waals surface area contributed by atoms with Crippen molar-refractivity contribution in [2.45, 2.75) is 18.9 Å². The Morgan fingerprint density at radius 1 is 1.26 bits per heavy atom. The molecule has 19 heavy (non-hydrogen) atoms. The highest BCUT2D eigenvalue weighted by Gasteiger charge is 2.27. The molecule has 1 saturated heterocycles. The summed E-state index contributed by atoms with van der Waals surface area (Å²) in [5, 5.41) is 3.11. The van der Waals surface area contributed by atoms with Crippen LogP contribution in [0.15, 0.2) is 18.2 Å². The van der Waals surface area contributed by atoms with E-state index in [0.29, 0.717) is 18.7 Å². The van der Waals surface area contributed by atoms with Gasteiger partial charge in [0.1, 0.15) is 5.82 Å². The molecular formula is C13H16ClF3N2. The van der Waals surface area contributed by atoms with Crippen LogP contribution in [0.4, 0.5) is 13.2 Å². The number of hydrogen-bond acceptors (Lipinski definition) is 2. The highest BCUT2D eigenvalue weighted by Crippen LogP contribution is 2.33. The maximum atomic E-state index is 13.5. The van der Waals surface area contributed by atoms with Crippen molar-refractivity contribution in [3.8, 4) is 0 Å². The van der Waals surface area contributed by atoms with Crippen molar-refractivity contribution in [3.63, 3.8) is 0 Å². The highest BCUT2D eigenvalue weighted by atomic mass is 35.5. The van der Waals surface area contributed by atoms with Gasteiger partial charge >= 0.3 is 0 Å². The normalized spacial score (nSPS) is 18.8. The van der Waals surface area contributed by atoms with Gasteiger partial charge in [0, 0.05) is 38.6 Å². The van der Waals surface area contributed by atoms with Gasteiger partial charge in [0.05, 0.1) is 5.02 Å². The average molecular weight is 293 g/mol. The van der Waals surface area contributed by atoms with Gasteiger partial charge in [-0.25, -0.2) is 13.2 Å². The first-order chi connectivity index (χ1) is 9.09. The predicted octanol–water partition coefficient (Wildman–Crippen LogP) is 3.08. The minimum Gasteiger partial charge on any atom is -0.314 e. The minimum atomic E-state index is -2.45. The van der Waals surface area contributed by atoms with Crippen LogP contribution in [0.2, 0.25) is 5.02 Å². The van der Waals surface area contributed by atoms with Crippen LogP contribution in [0, 0.1) is 5.82 Å². The summed E-state index contributed by atoms with van der Waals surface area (Å²) in [5.41, 5.74) is 0.448. The van der Waals surface area contributed by atoms with Crippen LogP contribution >= 0.6 is 11.6 Å². The smallest absolute Gasteiger partial charge is 0.240 e. The Bertz CT molecular complexity index is 422. The highest BCUT2D eigenvalue weighted by molar-refractivity contribution is 6.31. The van der Waals surface area contributed by atoms with Crippen LogP contribution in [0.5, 0.6) is 0 Å². The first-order valence-corrected chi connectivity index (χ1v) is 6.64. The molecule has 1 aromatic rings. The number of nitrogens with one attached hydrogen (secondary N) is 1. The van der Waals surface area contributed by atoms with Gasteiger partial charge < -0.3 is 5.32 Å². The largest absolute Gasteiger partial charge is 0.314 e. The lowest BCUT2D eigenvalue weighted by molar-refractivity contribution is 0.0738. The second kappa shape index (κ2) is 6.59. The summed E-state index contributed by atoms with van der Waals surface area (Å²) in [6.45, 7) is 2.80. The fourth-order valence-electron chi connectivity index (χ4n) is 2.41. The first kappa shape index (κ1) is 14.6. The molecule has 0 unspecified atom stereocenters. The van der Waals surface area contributed by atoms with E-state index in [4.69, 9.17) is 11.6 Å². The van der Waals surface area contributed by atoms with E-state index in [1.165, 1.54) is 12.1 Å². The molecule has 6 heteroatoms. The third-order valence-corrected chi connectivity index (χ3v) is 3.73. The molecule has 1 N–H and O–H groups in total. The van der Waals surface area contributed by atoms with Gasteiger partial charge in [0.2, 0.25) is 6.43 Å². The van der Waals surface area contributed by atoms with E-state index in [9.17, 15) is 13.2 Å². The van der Waals surface area contributed by atoms with Crippen LogP contribution < -0.4 is 5.32 Å². The molecule has 1 aliphatic rings. The van der Waals surface area contributed by atoms with Gasteiger partial charge in [0.15, 0.2) is 0 Å². The Morgan fingerprint density at radius 3 is 2.58 bits per heavy atom. The van der Waals surface area contributed by atoms with Crippen LogP contribution in [-0.4, -0.2) is 37.5 Å². The Labute approximate surface area is 115 Å². The van der Waals surface area contributed by atoms with E-state index in [0.717, 1.165) is 13.1 Å². The molecule has 1 aromatic carbocycles. The van der Waals surface area contributed by atoms with Gasteiger partial charge in [0.25, 0.3) is 0 Å². The molecule has 106 valence electrons. The lowest BCUT2D eigenvalue weighted by Crippen LogP contribution is -2.45. The summed E-state index contributed by atoms with van der Waals surface area (Å²) in [6.07, 6.45) is -2.78. The third-order valence-electron chi connectivity index (χ3n) is 3.33. The molecule has 0 bridgehead atoms. The van der Waals surface area contributed by atoms with Gasteiger partial charge in [-0.15, -0.1) is 0 Å². The molecule has 0 aromatic heterocycles. The quantitative estimate of drug-likeness (QED) is 0.917. The molecule has 0 aliphatic carbocycles. The Hall–Kier alpha value is -0.780. The molecule has 0 radical (unpaired) electrons. The number of piperazine rings is 1. The summed E-state index contributed by atoms with van der Waals surface area (Å²) >= 11 is 5.93. The molecule has 1 aliphatic heterocycles. The lowest BCUT2D eigenvalue weighted by atomic mass is 10.0. The van der Waals surface area contributed by atoms with E-state index in [-0.39, 0.29) is 11.4 Å². The number of nitrogens with zero attached hydrogens (tertiary/aromatic N) is 1. The topological polar surface area (TPSA) is 15.3 Å². The van der Waals surface area contributed by atoms with Crippen molar-refractivity contribution >= 4 is 11.6 Å². The second-order valence-electron chi connectivity index (χ2n) is 4.57. The summed E-state index contributed by atoms with van der Waals surface area (Å²) in [4.78, 5) is 1.93. The van der Waals surface area contributed by atoms with E-state index >= 15 is 0 Å². The zero-order valence-corrected chi connectivity index (χ0v) is 11.1. The number of alkyl halides is 2. The molecule has 2 nitrogen and oxygen atoms in total. The van der Waals surface area contributed by atoms with Crippen molar-refractivity contribution in [1.82, 2.24) is 10.2 Å². The fourth-order valence-corrected chi connectivity index (χ4v) is 2.67. The zero-order chi connectivity index (χ0) is 13.8. The SMILES string of the molecule is Fc1cccc([C@@H](CC(F)F)N2CCNCC2)c1Cl. The van der Waals surface area contributed by atoms with E-state index in [1.54, 1.807) is 6.07 Å². The molecule has 0 saturated carbocycles. The maximum absolute atomic E-state index is 13.5.